The number of amides is 6. The molecule has 139 heavy (non-hydrogen) atoms. The molecule has 17 rings (SSSR count). The maximum absolute atomic E-state index is 13.1. The number of aromatic nitrogens is 12. The van der Waals surface area contributed by atoms with E-state index in [1.165, 1.54) is 68.2 Å². The summed E-state index contributed by atoms with van der Waals surface area (Å²) in [4.78, 5) is 122. The molecule has 32 heteroatoms. The molecule has 0 spiro atoms. The maximum Gasteiger partial charge on any atom is 0.258 e. The van der Waals surface area contributed by atoms with Crippen molar-refractivity contribution >= 4 is 52.6 Å². The van der Waals surface area contributed by atoms with Crippen LogP contribution in [0, 0.1) is 18.2 Å². The highest BCUT2D eigenvalue weighted by Crippen LogP contribution is 2.24. The van der Waals surface area contributed by atoms with Crippen LogP contribution in [0.2, 0.25) is 0 Å². The fourth-order valence-corrected chi connectivity index (χ4v) is 13.4. The lowest BCUT2D eigenvalue weighted by Gasteiger charge is -2.26. The van der Waals surface area contributed by atoms with Crippen LogP contribution >= 0.6 is 11.3 Å². The lowest BCUT2D eigenvalue weighted by atomic mass is 9.92. The highest BCUT2D eigenvalue weighted by Gasteiger charge is 2.22. The predicted octanol–water partition coefficient (Wildman–Crippen LogP) is 18.5. The minimum Gasteiger partial charge on any atom is -0.473 e. The maximum atomic E-state index is 13.1. The number of thiazole rings is 1. The van der Waals surface area contributed by atoms with Gasteiger partial charge in [0.2, 0.25) is 35.3 Å². The Morgan fingerprint density at radius 1 is 0.345 bits per heavy atom. The summed E-state index contributed by atoms with van der Waals surface area (Å²) in [6, 6.07) is 69.1. The van der Waals surface area contributed by atoms with Gasteiger partial charge in [-0.3, -0.25) is 48.7 Å². The summed E-state index contributed by atoms with van der Waals surface area (Å²) in [7, 11) is 0. The van der Waals surface area contributed by atoms with Crippen LogP contribution in [0.5, 0.6) is 35.3 Å². The summed E-state index contributed by atoms with van der Waals surface area (Å²) >= 11 is 1.54. The van der Waals surface area contributed by atoms with Crippen LogP contribution in [0.1, 0.15) is 190 Å². The van der Waals surface area contributed by atoms with E-state index in [4.69, 9.17) is 28.4 Å². The zero-order valence-corrected chi connectivity index (χ0v) is 78.4. The standard InChI is InChI=1S/C19H16FN3O2.C19H17N3O2.C18H23N3O2.C18H20N2O2.C17H14N4O2.C16H19N3O2S/c20-16-5-3-4-14(10-16)13-25-18-8-7-15(11-22-18)19(24)23-12-17-6-1-2-9-21-17;23-19(22-13-17-8-4-5-11-20-17)16-9-10-18(21-12-16)24-14-15-6-2-1-3-7-15;1-18(2,3)8-10-20-17(22)15-6-7-16(21-12-15)23-13-14-5-4-9-19-11-14;1-13-5-7-14(8-6-13)12-22-17-10-9-15(11-19-17)18(21)20-16-3-2-4-16;22-17(21-15-5-1-2-9-19-15)14-6-7-16(20-11-14)23-12-13-4-3-8-18-10-13;20-16(19-13-4-2-1-3-5-13)12-6-7-14(18-10-12)21-11-15-17-8-9-22-15/h1-11H,12-13H2,(H,23,24);1-12H,13-14H2,(H,22,23);4-7,9,11-12H,8,10,13H2,1-3H3,(H,20,22);5-11,16H,2-4,12H2,1H3,(H,20,21);1-11H,12H2,(H,19,21,22);6-10,13H,1-5,11H2,(H,19,20). The molecule has 2 aliphatic rings. The van der Waals surface area contributed by atoms with E-state index in [1.54, 1.807) is 176 Å². The Bertz CT molecular complexity index is 6190. The van der Waals surface area contributed by atoms with Crippen LogP contribution in [0.3, 0.4) is 0 Å². The van der Waals surface area contributed by atoms with Crippen LogP contribution in [0.4, 0.5) is 10.2 Å². The molecule has 0 aliphatic heterocycles. The summed E-state index contributed by atoms with van der Waals surface area (Å²) in [6.45, 7) is 12.2. The molecule has 15 aromatic rings. The lowest BCUT2D eigenvalue weighted by molar-refractivity contribution is 0.0910. The highest BCUT2D eigenvalue weighted by atomic mass is 32.1. The van der Waals surface area contributed by atoms with E-state index in [0.29, 0.717) is 145 Å². The summed E-state index contributed by atoms with van der Waals surface area (Å²) in [5.74, 6) is 2.09. The molecule has 3 aromatic carbocycles. The van der Waals surface area contributed by atoms with Gasteiger partial charge in [-0.05, 0) is 165 Å². The molecular formula is C107H109FN18O12S. The normalized spacial score (nSPS) is 11.8. The van der Waals surface area contributed by atoms with E-state index >= 15 is 0 Å². The van der Waals surface area contributed by atoms with Crippen LogP contribution < -0.4 is 60.3 Å². The first kappa shape index (κ1) is 101. The fraction of sp³-hybridized carbons (Fsp3) is 0.234. The molecule has 2 saturated carbocycles. The number of ether oxygens (including phenoxy) is 6. The molecule has 6 N–H and O–H groups in total. The average molecular weight is 1890 g/mol. The number of carbonyl (C=O) groups is 6. The first-order valence-electron chi connectivity index (χ1n) is 45.3. The van der Waals surface area contributed by atoms with Gasteiger partial charge >= 0.3 is 0 Å². The van der Waals surface area contributed by atoms with E-state index in [9.17, 15) is 33.2 Å². The van der Waals surface area contributed by atoms with Crippen LogP contribution in [0.25, 0.3) is 0 Å². The Kier molecular flexibility index (Phi) is 40.4. The molecule has 2 fully saturated rings. The van der Waals surface area contributed by atoms with Crippen molar-refractivity contribution in [3.8, 4) is 35.3 Å². The van der Waals surface area contributed by atoms with E-state index in [-0.39, 0.29) is 53.3 Å². The third-order valence-electron chi connectivity index (χ3n) is 20.8. The van der Waals surface area contributed by atoms with Crippen LogP contribution in [0.15, 0.2) is 323 Å². The zero-order chi connectivity index (χ0) is 97.3. The third kappa shape index (κ3) is 37.4. The van der Waals surface area contributed by atoms with Crippen molar-refractivity contribution in [2.75, 3.05) is 11.9 Å². The number of hydrogen-bond donors (Lipinski definition) is 6. The fourth-order valence-electron chi connectivity index (χ4n) is 12.9. The van der Waals surface area contributed by atoms with Gasteiger partial charge in [-0.25, -0.2) is 44.3 Å². The smallest absolute Gasteiger partial charge is 0.258 e. The molecule has 712 valence electrons. The Morgan fingerprint density at radius 2 is 0.741 bits per heavy atom. The molecule has 0 radical (unpaired) electrons. The van der Waals surface area contributed by atoms with Gasteiger partial charge in [0.05, 0.1) is 57.9 Å². The summed E-state index contributed by atoms with van der Waals surface area (Å²) < 4.78 is 46.5. The predicted molar refractivity (Wildman–Crippen MR) is 525 cm³/mol. The summed E-state index contributed by atoms with van der Waals surface area (Å²) in [6.07, 6.45) is 32.8. The van der Waals surface area contributed by atoms with Gasteiger partial charge in [-0.2, -0.15) is 0 Å². The second kappa shape index (κ2) is 55.4. The number of nitrogens with one attached hydrogen (secondary N) is 6. The van der Waals surface area contributed by atoms with Crippen molar-refractivity contribution in [1.82, 2.24) is 86.4 Å². The number of hydrogen-bond acceptors (Lipinski definition) is 25. The molecule has 0 saturated heterocycles. The van der Waals surface area contributed by atoms with Gasteiger partial charge in [0.25, 0.3) is 35.4 Å². The first-order chi connectivity index (χ1) is 67.8. The number of carbonyl (C=O) groups excluding carboxylic acids is 6. The molecule has 0 unspecified atom stereocenters. The Balaban J connectivity index is 0.000000149. The molecule has 12 aromatic heterocycles. The number of anilines is 1. The number of nitrogens with zero attached hydrogens (tertiary/aromatic N) is 12. The Labute approximate surface area is 810 Å². The quantitative estimate of drug-likeness (QED) is 0.0222. The zero-order valence-electron chi connectivity index (χ0n) is 77.5. The average Bonchev–Trinajstić information content (AvgIpc) is 1.58. The SMILES string of the molecule is CC(C)(C)CCNC(=O)c1ccc(OCc2cccnc2)nc1.Cc1ccc(COc2ccc(C(=O)NC3CCC3)cn2)cc1.O=C(NC1CCCCC1)c1ccc(OCc2nccs2)nc1.O=C(NCc1ccccn1)c1ccc(OCc2cccc(F)c2)nc1.O=C(NCc1ccccn1)c1ccc(OCc2ccccc2)nc1.O=C(Nc1ccccn1)c1ccc(OCc2cccnc2)nc1. The summed E-state index contributed by atoms with van der Waals surface area (Å²) in [5, 5.41) is 20.1. The third-order valence-corrected chi connectivity index (χ3v) is 21.6. The highest BCUT2D eigenvalue weighted by molar-refractivity contribution is 7.09. The van der Waals surface area contributed by atoms with Crippen molar-refractivity contribution in [2.24, 2.45) is 5.41 Å². The molecule has 0 bridgehead atoms. The Morgan fingerprint density at radius 3 is 1.13 bits per heavy atom. The van der Waals surface area contributed by atoms with Crippen molar-refractivity contribution < 1.29 is 61.6 Å². The minimum absolute atomic E-state index is 0.0501. The molecule has 2 aliphatic carbocycles. The molecule has 6 amide bonds. The van der Waals surface area contributed by atoms with Gasteiger partial charge in [-0.1, -0.05) is 143 Å². The number of halogens is 1. The van der Waals surface area contributed by atoms with Gasteiger partial charge < -0.3 is 60.3 Å². The number of benzene rings is 3. The van der Waals surface area contributed by atoms with Crippen molar-refractivity contribution in [1.29, 1.82) is 0 Å². The monoisotopic (exact) mass is 1890 g/mol. The number of pyridine rings is 11. The van der Waals surface area contributed by atoms with Gasteiger partial charge in [0, 0.05) is 158 Å². The van der Waals surface area contributed by atoms with Crippen molar-refractivity contribution in [3.63, 3.8) is 0 Å². The molecule has 0 atom stereocenters. The minimum atomic E-state index is -0.311. The van der Waals surface area contributed by atoms with Gasteiger partial charge in [0.15, 0.2) is 0 Å². The van der Waals surface area contributed by atoms with E-state index < -0.39 is 0 Å². The Hall–Kier alpha value is -16.5. The van der Waals surface area contributed by atoms with Crippen molar-refractivity contribution in [2.45, 2.75) is 150 Å². The van der Waals surface area contributed by atoms with E-state index in [0.717, 1.165) is 70.8 Å². The van der Waals surface area contributed by atoms with Crippen molar-refractivity contribution in [3.05, 3.63) is 412 Å². The van der Waals surface area contributed by atoms with E-state index in [1.807, 2.05) is 109 Å². The van der Waals surface area contributed by atoms with Crippen LogP contribution in [-0.2, 0) is 52.7 Å². The molecule has 12 heterocycles. The van der Waals surface area contributed by atoms with Gasteiger partial charge in [-0.15, -0.1) is 11.3 Å². The molecular weight excluding hydrogens is 1780 g/mol. The summed E-state index contributed by atoms with van der Waals surface area (Å²) in [5.41, 5.74) is 10.8. The first-order valence-corrected chi connectivity index (χ1v) is 46.2. The molecule has 30 nitrogen and oxygen atoms in total. The number of rotatable bonds is 33. The lowest BCUT2D eigenvalue weighted by Crippen LogP contribution is -2.39. The largest absolute Gasteiger partial charge is 0.473 e. The number of aryl methyl sites for hydroxylation is 1. The topological polar surface area (TPSA) is 385 Å². The van der Waals surface area contributed by atoms with E-state index in [2.05, 4.69) is 132 Å². The van der Waals surface area contributed by atoms with Crippen LogP contribution in [-0.4, -0.2) is 114 Å². The second-order valence-electron chi connectivity index (χ2n) is 32.9. The second-order valence-corrected chi connectivity index (χ2v) is 33.9. The van der Waals surface area contributed by atoms with Gasteiger partial charge in [0.1, 0.15) is 56.3 Å².